The molecule has 0 spiro atoms. The summed E-state index contributed by atoms with van der Waals surface area (Å²) in [7, 11) is 1.53. The average molecular weight is 529 g/mol. The van der Waals surface area contributed by atoms with E-state index in [0.717, 1.165) is 10.0 Å². The number of pyridine rings is 1. The van der Waals surface area contributed by atoms with Crippen LogP contribution in [-0.4, -0.2) is 33.6 Å². The second-order valence-electron chi connectivity index (χ2n) is 5.77. The van der Waals surface area contributed by atoms with E-state index in [2.05, 4.69) is 52.6 Å². The number of aromatic nitrogens is 3. The lowest BCUT2D eigenvalue weighted by molar-refractivity contribution is -0.289. The molecule has 3 aromatic rings. The number of halogens is 3. The molecule has 1 aromatic carbocycles. The molecule has 28 heavy (non-hydrogen) atoms. The Hall–Kier alpha value is -2.23. The summed E-state index contributed by atoms with van der Waals surface area (Å²) in [6.07, 6.45) is 1.57. The van der Waals surface area contributed by atoms with Gasteiger partial charge in [0.2, 0.25) is 5.82 Å². The molecular weight excluding hydrogens is 513 g/mol. The number of hydrogen-bond donors (Lipinski definition) is 2. The van der Waals surface area contributed by atoms with Crippen LogP contribution >= 0.6 is 31.9 Å². The van der Waals surface area contributed by atoms with Crippen molar-refractivity contribution in [2.75, 3.05) is 12.4 Å². The summed E-state index contributed by atoms with van der Waals surface area (Å²) in [5.41, 5.74) is 1.71. The molecule has 0 radical (unpaired) electrons. The lowest BCUT2D eigenvalue weighted by Crippen LogP contribution is -2.23. The molecule has 2 N–H and O–H groups in total. The monoisotopic (exact) mass is 526 g/mol. The number of nitrogens with zero attached hydrogens (tertiary/aromatic N) is 3. The van der Waals surface area contributed by atoms with Crippen molar-refractivity contribution >= 4 is 49.4 Å². The Morgan fingerprint density at radius 3 is 2.61 bits per heavy atom. The molecule has 3 rings (SSSR count). The first-order chi connectivity index (χ1) is 13.3. The van der Waals surface area contributed by atoms with Gasteiger partial charge < -0.3 is 10.6 Å². The Labute approximate surface area is 182 Å². The predicted molar refractivity (Wildman–Crippen MR) is 110 cm³/mol. The molecule has 2 heterocycles. The van der Waals surface area contributed by atoms with Crippen LogP contribution < -0.4 is 10.6 Å². The van der Waals surface area contributed by atoms with Crippen molar-refractivity contribution in [3.63, 3.8) is 0 Å². The fourth-order valence-corrected chi connectivity index (χ4v) is 3.78. The summed E-state index contributed by atoms with van der Waals surface area (Å²) < 4.78 is 2.56. The summed E-state index contributed by atoms with van der Waals surface area (Å²) in [4.78, 5) is 29.5. The van der Waals surface area contributed by atoms with Gasteiger partial charge in [-0.1, -0.05) is 15.9 Å². The molecule has 2 aromatic heterocycles. The van der Waals surface area contributed by atoms with Crippen molar-refractivity contribution in [3.05, 3.63) is 67.4 Å². The zero-order valence-electron chi connectivity index (χ0n) is 14.8. The molecule has 0 aliphatic heterocycles. The van der Waals surface area contributed by atoms with Crippen LogP contribution in [0.5, 0.6) is 0 Å². The lowest BCUT2D eigenvalue weighted by atomic mass is 10.1. The molecule has 144 valence electrons. The number of carbonyl (C=O) groups excluding carboxylic acids is 2. The van der Waals surface area contributed by atoms with Gasteiger partial charge in [0.1, 0.15) is 10.3 Å². The largest absolute Gasteiger partial charge is 0.355 e. The Kier molecular flexibility index (Phi) is 6.17. The van der Waals surface area contributed by atoms with Gasteiger partial charge in [-0.3, -0.25) is 9.59 Å². The van der Waals surface area contributed by atoms with Gasteiger partial charge in [0.05, 0.1) is 11.3 Å². The minimum Gasteiger partial charge on any atom is -0.355 e. The van der Waals surface area contributed by atoms with Crippen molar-refractivity contribution in [3.8, 4) is 5.82 Å². The van der Waals surface area contributed by atoms with Crippen molar-refractivity contribution in [1.82, 2.24) is 20.1 Å². The zero-order valence-corrected chi connectivity index (χ0v) is 18.8. The van der Waals surface area contributed by atoms with Crippen LogP contribution in [0.4, 0.5) is 5.69 Å². The SMILES string of the molecule is CNC(=O)c1cc(Br)cc(C)c1NC(=O)c1cc(Br)nn1-c1ncccc1[ClH+]. The van der Waals surface area contributed by atoms with Gasteiger partial charge in [0.25, 0.3) is 16.8 Å². The predicted octanol–water partition coefficient (Wildman–Crippen LogP) is 3.41. The molecule has 0 aliphatic rings. The molecule has 0 saturated heterocycles. The quantitative estimate of drug-likeness (QED) is 0.543. The lowest BCUT2D eigenvalue weighted by Gasteiger charge is -2.14. The molecule has 0 aliphatic carbocycles. The molecule has 0 bridgehead atoms. The summed E-state index contributed by atoms with van der Waals surface area (Å²) in [5, 5.41) is 10.1. The van der Waals surface area contributed by atoms with Crippen LogP contribution in [0.3, 0.4) is 0 Å². The van der Waals surface area contributed by atoms with Crippen LogP contribution in [-0.2, 0) is 0 Å². The number of aryl methyl sites for hydroxylation is 1. The van der Waals surface area contributed by atoms with Crippen molar-refractivity contribution in [2.24, 2.45) is 0 Å². The number of anilines is 1. The second-order valence-corrected chi connectivity index (χ2v) is 7.94. The van der Waals surface area contributed by atoms with Gasteiger partial charge in [-0.25, -0.2) is 9.67 Å². The standard InChI is InChI=1S/C18H14Br2ClN5O2/c1-9-6-10(19)7-11(17(27)22-2)15(9)24-18(28)13-8-14(20)25-26(13)16-12(21)4-3-5-23-16/h3-8,21H,1-2H3,(H-,22,24,27,28)/p+1. The Bertz CT molecular complexity index is 1080. The molecule has 2 amide bonds. The van der Waals surface area contributed by atoms with E-state index < -0.39 is 5.91 Å². The number of benzene rings is 1. The van der Waals surface area contributed by atoms with E-state index in [9.17, 15) is 9.59 Å². The molecule has 0 atom stereocenters. The fraction of sp³-hybridized carbons (Fsp3) is 0.111. The number of nitrogens with one attached hydrogen (secondary N) is 2. The highest BCUT2D eigenvalue weighted by Gasteiger charge is 2.23. The number of carbonyl (C=O) groups is 2. The summed E-state index contributed by atoms with van der Waals surface area (Å²) in [5.74, 6) is -0.395. The van der Waals surface area contributed by atoms with Crippen LogP contribution in [0.25, 0.3) is 5.82 Å². The van der Waals surface area contributed by atoms with Gasteiger partial charge in [-0.2, -0.15) is 5.10 Å². The van der Waals surface area contributed by atoms with Gasteiger partial charge in [0.15, 0.2) is 11.6 Å². The number of amides is 2. The first-order valence-electron chi connectivity index (χ1n) is 8.03. The third-order valence-electron chi connectivity index (χ3n) is 3.87. The van der Waals surface area contributed by atoms with Crippen LogP contribution in [0.1, 0.15) is 26.4 Å². The van der Waals surface area contributed by atoms with Crippen LogP contribution in [0.2, 0.25) is 5.02 Å². The van der Waals surface area contributed by atoms with E-state index in [1.165, 1.54) is 11.7 Å². The average Bonchev–Trinajstić information content (AvgIpc) is 3.05. The summed E-state index contributed by atoms with van der Waals surface area (Å²) in [6.45, 7) is 1.81. The Morgan fingerprint density at radius 1 is 1.18 bits per heavy atom. The maximum absolute atomic E-state index is 13.0. The minimum absolute atomic E-state index is 0.224. The van der Waals surface area contributed by atoms with Gasteiger partial charge in [-0.15, -0.1) is 0 Å². The molecule has 0 saturated carbocycles. The highest BCUT2D eigenvalue weighted by Crippen LogP contribution is 2.27. The summed E-state index contributed by atoms with van der Waals surface area (Å²) in [6, 6.07) is 8.44. The first kappa shape index (κ1) is 20.5. The minimum atomic E-state index is -0.450. The third kappa shape index (κ3) is 4.11. The van der Waals surface area contributed by atoms with E-state index in [4.69, 9.17) is 11.6 Å². The van der Waals surface area contributed by atoms with E-state index >= 15 is 0 Å². The van der Waals surface area contributed by atoms with E-state index in [0.29, 0.717) is 26.7 Å². The maximum Gasteiger partial charge on any atom is 0.274 e. The highest BCUT2D eigenvalue weighted by atomic mass is 79.9. The molecule has 10 heteroatoms. The smallest absolute Gasteiger partial charge is 0.274 e. The molecule has 7 nitrogen and oxygen atoms in total. The van der Waals surface area contributed by atoms with E-state index in [1.54, 1.807) is 37.4 Å². The molecular formula is C18H15Br2ClN5O2+. The fourth-order valence-electron chi connectivity index (χ4n) is 2.62. The van der Waals surface area contributed by atoms with E-state index in [-0.39, 0.29) is 11.6 Å². The maximum atomic E-state index is 13.0. The van der Waals surface area contributed by atoms with Crippen molar-refractivity contribution < 1.29 is 21.2 Å². The second kappa shape index (κ2) is 8.42. The van der Waals surface area contributed by atoms with Crippen LogP contribution in [0.15, 0.2) is 45.6 Å². The van der Waals surface area contributed by atoms with Gasteiger partial charge in [0, 0.05) is 29.8 Å². The van der Waals surface area contributed by atoms with Crippen molar-refractivity contribution in [2.45, 2.75) is 6.92 Å². The van der Waals surface area contributed by atoms with E-state index in [1.807, 2.05) is 6.07 Å². The number of hydrogen-bond acceptors (Lipinski definition) is 4. The summed E-state index contributed by atoms with van der Waals surface area (Å²) >= 11 is 12.0. The first-order valence-corrected chi connectivity index (χ1v) is 10.0. The van der Waals surface area contributed by atoms with Crippen LogP contribution in [0, 0.1) is 18.5 Å². The Morgan fingerprint density at radius 2 is 1.93 bits per heavy atom. The van der Waals surface area contributed by atoms with Gasteiger partial charge >= 0.3 is 0 Å². The zero-order chi connectivity index (χ0) is 20.4. The highest BCUT2D eigenvalue weighted by molar-refractivity contribution is 9.10. The molecule has 0 fully saturated rings. The van der Waals surface area contributed by atoms with Gasteiger partial charge in [-0.05, 0) is 46.6 Å². The topological polar surface area (TPSA) is 88.9 Å². The normalized spacial score (nSPS) is 10.6. The number of rotatable bonds is 4. The third-order valence-corrected chi connectivity index (χ3v) is 5.04. The Balaban J connectivity index is 2.05. The van der Waals surface area contributed by atoms with Crippen molar-refractivity contribution in [1.29, 1.82) is 0 Å². The molecule has 0 unspecified atom stereocenters.